The summed E-state index contributed by atoms with van der Waals surface area (Å²) in [6.45, 7) is 1.38. The van der Waals surface area contributed by atoms with Gasteiger partial charge in [-0.2, -0.15) is 4.98 Å². The summed E-state index contributed by atoms with van der Waals surface area (Å²) >= 11 is 0. The number of carbonyl (C=O) groups is 2. The molecule has 0 saturated carbocycles. The van der Waals surface area contributed by atoms with E-state index in [0.29, 0.717) is 5.56 Å². The lowest BCUT2D eigenvalue weighted by atomic mass is 10.1. The van der Waals surface area contributed by atoms with Gasteiger partial charge in [-0.05, 0) is 31.2 Å². The Bertz CT molecular complexity index is 1020. The number of carboxylic acids is 1. The van der Waals surface area contributed by atoms with Crippen molar-refractivity contribution < 1.29 is 19.1 Å². The van der Waals surface area contributed by atoms with Crippen molar-refractivity contribution in [2.45, 2.75) is 6.92 Å². The fourth-order valence-electron chi connectivity index (χ4n) is 2.19. The molecule has 0 radical (unpaired) electrons. The minimum Gasteiger partial charge on any atom is -0.478 e. The molecule has 0 aliphatic heterocycles. The van der Waals surface area contributed by atoms with Crippen LogP contribution in [0.25, 0.3) is 22.1 Å². The predicted octanol–water partition coefficient (Wildman–Crippen LogP) is 1.82. The van der Waals surface area contributed by atoms with Crippen LogP contribution in [0.15, 0.2) is 33.5 Å². The van der Waals surface area contributed by atoms with E-state index in [1.54, 1.807) is 0 Å². The van der Waals surface area contributed by atoms with E-state index < -0.39 is 11.4 Å². The third-order valence-corrected chi connectivity index (χ3v) is 3.33. The summed E-state index contributed by atoms with van der Waals surface area (Å²) in [7, 11) is 0. The molecule has 7 heteroatoms. The SMILES string of the molecule is CC(=O)c1ccc2oc3nc(N)c(C(=O)O)cc3c(=O)c2c1. The molecule has 3 rings (SSSR count). The van der Waals surface area contributed by atoms with Crippen molar-refractivity contribution in [3.8, 4) is 0 Å². The Morgan fingerprint density at radius 3 is 2.59 bits per heavy atom. The van der Waals surface area contributed by atoms with Crippen LogP contribution in [0, 0.1) is 0 Å². The number of carboxylic acid groups (broad SMARTS) is 1. The largest absolute Gasteiger partial charge is 0.478 e. The van der Waals surface area contributed by atoms with Gasteiger partial charge in [-0.25, -0.2) is 4.79 Å². The number of rotatable bonds is 2. The zero-order valence-electron chi connectivity index (χ0n) is 11.4. The normalized spacial score (nSPS) is 11.0. The Balaban J connectivity index is 2.45. The molecule has 2 aromatic heterocycles. The number of pyridine rings is 1. The van der Waals surface area contributed by atoms with E-state index >= 15 is 0 Å². The zero-order chi connectivity index (χ0) is 16.0. The van der Waals surface area contributed by atoms with E-state index in [0.717, 1.165) is 6.07 Å². The average molecular weight is 298 g/mol. The molecule has 110 valence electrons. The topological polar surface area (TPSA) is 123 Å². The van der Waals surface area contributed by atoms with Gasteiger partial charge in [-0.3, -0.25) is 9.59 Å². The van der Waals surface area contributed by atoms with Crippen molar-refractivity contribution in [1.82, 2.24) is 4.98 Å². The van der Waals surface area contributed by atoms with Crippen molar-refractivity contribution in [2.24, 2.45) is 0 Å². The highest BCUT2D eigenvalue weighted by Crippen LogP contribution is 2.21. The summed E-state index contributed by atoms with van der Waals surface area (Å²) < 4.78 is 5.48. The Kier molecular flexibility index (Phi) is 2.91. The van der Waals surface area contributed by atoms with Gasteiger partial charge < -0.3 is 15.3 Å². The molecular weight excluding hydrogens is 288 g/mol. The number of fused-ring (bicyclic) bond motifs is 2. The Morgan fingerprint density at radius 2 is 1.95 bits per heavy atom. The average Bonchev–Trinajstić information content (AvgIpc) is 2.46. The first-order chi connectivity index (χ1) is 10.4. The maximum atomic E-state index is 12.5. The van der Waals surface area contributed by atoms with Gasteiger partial charge in [0, 0.05) is 5.56 Å². The van der Waals surface area contributed by atoms with Gasteiger partial charge >= 0.3 is 5.97 Å². The minimum absolute atomic E-state index is 0.000183. The van der Waals surface area contributed by atoms with Crippen LogP contribution in [0.3, 0.4) is 0 Å². The van der Waals surface area contributed by atoms with Crippen LogP contribution in [0.2, 0.25) is 0 Å². The number of carbonyl (C=O) groups excluding carboxylic acids is 1. The van der Waals surface area contributed by atoms with Crippen molar-refractivity contribution >= 4 is 39.6 Å². The second-order valence-corrected chi connectivity index (χ2v) is 4.78. The number of aromatic carboxylic acids is 1. The molecule has 0 atom stereocenters. The fraction of sp³-hybridized carbons (Fsp3) is 0.0667. The van der Waals surface area contributed by atoms with Gasteiger partial charge in [-0.15, -0.1) is 0 Å². The van der Waals surface area contributed by atoms with Gasteiger partial charge in [0.25, 0.3) is 0 Å². The van der Waals surface area contributed by atoms with Crippen LogP contribution in [-0.4, -0.2) is 21.8 Å². The van der Waals surface area contributed by atoms with Crippen molar-refractivity contribution in [2.75, 3.05) is 5.73 Å². The molecule has 1 aromatic carbocycles. The lowest BCUT2D eigenvalue weighted by Gasteiger charge is -2.05. The van der Waals surface area contributed by atoms with Crippen LogP contribution >= 0.6 is 0 Å². The molecule has 0 fully saturated rings. The van der Waals surface area contributed by atoms with Crippen LogP contribution in [0.5, 0.6) is 0 Å². The van der Waals surface area contributed by atoms with E-state index in [4.69, 9.17) is 15.3 Å². The summed E-state index contributed by atoms with van der Waals surface area (Å²) in [4.78, 5) is 38.8. The van der Waals surface area contributed by atoms with Crippen LogP contribution < -0.4 is 11.2 Å². The summed E-state index contributed by atoms with van der Waals surface area (Å²) in [6, 6.07) is 5.58. The molecule has 7 nitrogen and oxygen atoms in total. The van der Waals surface area contributed by atoms with Gasteiger partial charge in [0.1, 0.15) is 17.0 Å². The van der Waals surface area contributed by atoms with Crippen LogP contribution in [0.1, 0.15) is 27.6 Å². The lowest BCUT2D eigenvalue weighted by molar-refractivity contribution is 0.0697. The molecule has 3 N–H and O–H groups in total. The Labute approximate surface area is 123 Å². The number of hydrogen-bond acceptors (Lipinski definition) is 6. The standard InChI is InChI=1S/C15H10N2O5/c1-6(18)7-2-3-11-8(4-7)12(19)9-5-10(15(20)21)13(16)17-14(9)22-11/h2-5H,1H3,(H2,16,17)(H,20,21). The van der Waals surface area contributed by atoms with E-state index in [9.17, 15) is 14.4 Å². The van der Waals surface area contributed by atoms with Crippen LogP contribution in [-0.2, 0) is 0 Å². The first-order valence-electron chi connectivity index (χ1n) is 6.30. The monoisotopic (exact) mass is 298 g/mol. The molecule has 0 saturated heterocycles. The molecule has 2 heterocycles. The smallest absolute Gasteiger partial charge is 0.339 e. The number of nitrogens with two attached hydrogens (primary N) is 1. The molecule has 0 spiro atoms. The first-order valence-corrected chi connectivity index (χ1v) is 6.30. The summed E-state index contributed by atoms with van der Waals surface area (Å²) in [5, 5.41) is 9.23. The summed E-state index contributed by atoms with van der Waals surface area (Å²) in [5.74, 6) is -1.71. The maximum absolute atomic E-state index is 12.5. The number of aromatic nitrogens is 1. The van der Waals surface area contributed by atoms with Crippen molar-refractivity contribution in [3.63, 3.8) is 0 Å². The Morgan fingerprint density at radius 1 is 1.23 bits per heavy atom. The van der Waals surface area contributed by atoms with E-state index in [1.807, 2.05) is 0 Å². The number of ketones is 1. The predicted molar refractivity (Wildman–Crippen MR) is 79.2 cm³/mol. The molecular formula is C15H10N2O5. The zero-order valence-corrected chi connectivity index (χ0v) is 11.4. The van der Waals surface area contributed by atoms with Gasteiger partial charge in [0.05, 0.1) is 10.8 Å². The Hall–Kier alpha value is -3.22. The number of anilines is 1. The molecule has 0 aliphatic rings. The van der Waals surface area contributed by atoms with Crippen molar-refractivity contribution in [1.29, 1.82) is 0 Å². The fourth-order valence-corrected chi connectivity index (χ4v) is 2.19. The van der Waals surface area contributed by atoms with Crippen LogP contribution in [0.4, 0.5) is 5.82 Å². The number of Topliss-reactive ketones (excluding diaryl/α,β-unsaturated/α-hetero) is 1. The second-order valence-electron chi connectivity index (χ2n) is 4.78. The number of nitrogen functional groups attached to an aromatic ring is 1. The number of hydrogen-bond donors (Lipinski definition) is 2. The number of benzene rings is 1. The summed E-state index contributed by atoms with van der Waals surface area (Å²) in [6.07, 6.45) is 0. The molecule has 0 unspecified atom stereocenters. The van der Waals surface area contributed by atoms with Gasteiger partial charge in [0.2, 0.25) is 11.1 Å². The molecule has 3 aromatic rings. The quantitative estimate of drug-likeness (QED) is 0.546. The second kappa shape index (κ2) is 4.66. The van der Waals surface area contributed by atoms with Gasteiger partial charge in [0.15, 0.2) is 5.78 Å². The first kappa shape index (κ1) is 13.7. The highest BCUT2D eigenvalue weighted by Gasteiger charge is 2.16. The lowest BCUT2D eigenvalue weighted by Crippen LogP contribution is -2.10. The van der Waals surface area contributed by atoms with E-state index in [1.165, 1.54) is 25.1 Å². The highest BCUT2D eigenvalue weighted by molar-refractivity contribution is 6.01. The third-order valence-electron chi connectivity index (χ3n) is 3.33. The minimum atomic E-state index is -1.29. The highest BCUT2D eigenvalue weighted by atomic mass is 16.4. The molecule has 0 amide bonds. The van der Waals surface area contributed by atoms with E-state index in [-0.39, 0.29) is 39.2 Å². The molecule has 0 aliphatic carbocycles. The summed E-state index contributed by atoms with van der Waals surface area (Å²) in [5.41, 5.74) is 5.37. The maximum Gasteiger partial charge on any atom is 0.339 e. The molecule has 22 heavy (non-hydrogen) atoms. The van der Waals surface area contributed by atoms with Gasteiger partial charge in [-0.1, -0.05) is 0 Å². The third kappa shape index (κ3) is 1.99. The molecule has 0 bridgehead atoms. The van der Waals surface area contributed by atoms with E-state index in [2.05, 4.69) is 4.98 Å². The number of nitrogens with zero attached hydrogens (tertiary/aromatic N) is 1. The van der Waals surface area contributed by atoms with Crippen molar-refractivity contribution in [3.05, 3.63) is 45.6 Å².